The highest BCUT2D eigenvalue weighted by molar-refractivity contribution is 5.00. The van der Waals surface area contributed by atoms with Crippen LogP contribution < -0.4 is 11.1 Å². The summed E-state index contributed by atoms with van der Waals surface area (Å²) in [5.74, 6) is 2.06. The average Bonchev–Trinajstić information content (AvgIpc) is 2.67. The molecule has 1 unspecified atom stereocenters. The Labute approximate surface area is 77.5 Å². The van der Waals surface area contributed by atoms with Crippen LogP contribution in [-0.2, 0) is 6.54 Å². The van der Waals surface area contributed by atoms with Gasteiger partial charge in [-0.2, -0.15) is 0 Å². The largest absolute Gasteiger partial charge is 0.444 e. The van der Waals surface area contributed by atoms with Crippen LogP contribution in [0.4, 0.5) is 0 Å². The summed E-state index contributed by atoms with van der Waals surface area (Å²) >= 11 is 0. The molecule has 1 fully saturated rings. The van der Waals surface area contributed by atoms with Gasteiger partial charge in [0, 0.05) is 12.5 Å². The molecule has 0 bridgehead atoms. The lowest BCUT2D eigenvalue weighted by Gasteiger charge is -2.19. The van der Waals surface area contributed by atoms with Gasteiger partial charge in [0.1, 0.15) is 5.76 Å². The molecule has 13 heavy (non-hydrogen) atoms. The molecule has 3 N–H and O–H groups in total. The van der Waals surface area contributed by atoms with E-state index in [1.54, 1.807) is 6.20 Å². The average molecular weight is 181 g/mol. The number of hydrogen-bond donors (Lipinski definition) is 2. The number of hydrogen-bond acceptors (Lipinski definition) is 4. The van der Waals surface area contributed by atoms with Crippen molar-refractivity contribution < 1.29 is 4.42 Å². The van der Waals surface area contributed by atoms with E-state index in [2.05, 4.69) is 10.3 Å². The van der Waals surface area contributed by atoms with E-state index in [9.17, 15) is 0 Å². The molecule has 1 aliphatic heterocycles. The van der Waals surface area contributed by atoms with Gasteiger partial charge in [-0.3, -0.25) is 0 Å². The van der Waals surface area contributed by atoms with Gasteiger partial charge in [-0.25, -0.2) is 4.98 Å². The van der Waals surface area contributed by atoms with Crippen molar-refractivity contribution in [3.63, 3.8) is 0 Å². The Morgan fingerprint density at radius 1 is 1.69 bits per heavy atom. The number of oxazole rings is 1. The highest BCUT2D eigenvalue weighted by Crippen LogP contribution is 2.22. The molecule has 2 heterocycles. The highest BCUT2D eigenvalue weighted by Gasteiger charge is 2.19. The minimum Gasteiger partial charge on any atom is -0.444 e. The minimum atomic E-state index is 0.438. The van der Waals surface area contributed by atoms with E-state index in [0.717, 1.165) is 31.2 Å². The van der Waals surface area contributed by atoms with Crippen molar-refractivity contribution in [3.05, 3.63) is 17.8 Å². The topological polar surface area (TPSA) is 64.1 Å². The first kappa shape index (κ1) is 8.72. The standard InChI is InChI=1S/C9H15N3O/c10-4-8-6-12-9(13-8)7-2-1-3-11-5-7/h6-7,11H,1-5,10H2. The zero-order valence-corrected chi connectivity index (χ0v) is 7.62. The van der Waals surface area contributed by atoms with Crippen LogP contribution in [0, 0.1) is 0 Å². The molecule has 1 saturated heterocycles. The maximum Gasteiger partial charge on any atom is 0.198 e. The number of nitrogens with two attached hydrogens (primary N) is 1. The molecule has 4 heteroatoms. The number of piperidine rings is 1. The Balaban J connectivity index is 2.05. The van der Waals surface area contributed by atoms with Gasteiger partial charge in [0.25, 0.3) is 0 Å². The second-order valence-corrected chi connectivity index (χ2v) is 3.41. The quantitative estimate of drug-likeness (QED) is 0.701. The summed E-state index contributed by atoms with van der Waals surface area (Å²) in [6, 6.07) is 0. The summed E-state index contributed by atoms with van der Waals surface area (Å²) in [5, 5.41) is 3.33. The van der Waals surface area contributed by atoms with Gasteiger partial charge < -0.3 is 15.5 Å². The van der Waals surface area contributed by atoms with Crippen LogP contribution in [0.1, 0.15) is 30.4 Å². The van der Waals surface area contributed by atoms with E-state index < -0.39 is 0 Å². The normalized spacial score (nSPS) is 23.3. The fourth-order valence-corrected chi connectivity index (χ4v) is 1.67. The maximum atomic E-state index is 5.50. The van der Waals surface area contributed by atoms with Gasteiger partial charge in [-0.15, -0.1) is 0 Å². The fraction of sp³-hybridized carbons (Fsp3) is 0.667. The van der Waals surface area contributed by atoms with Crippen LogP contribution in [0.2, 0.25) is 0 Å². The van der Waals surface area contributed by atoms with Crippen molar-refractivity contribution in [2.45, 2.75) is 25.3 Å². The molecule has 0 radical (unpaired) electrons. The molecular formula is C9H15N3O. The second kappa shape index (κ2) is 3.89. The van der Waals surface area contributed by atoms with Crippen LogP contribution in [0.3, 0.4) is 0 Å². The SMILES string of the molecule is NCc1cnc(C2CCCNC2)o1. The van der Waals surface area contributed by atoms with E-state index in [1.807, 2.05) is 0 Å². The van der Waals surface area contributed by atoms with Crippen LogP contribution in [0.5, 0.6) is 0 Å². The Bertz CT molecular complexity index is 266. The molecule has 1 aliphatic rings. The van der Waals surface area contributed by atoms with E-state index in [4.69, 9.17) is 10.2 Å². The smallest absolute Gasteiger partial charge is 0.198 e. The van der Waals surface area contributed by atoms with Gasteiger partial charge in [0.15, 0.2) is 5.89 Å². The Hall–Kier alpha value is -0.870. The third-order valence-corrected chi connectivity index (χ3v) is 2.42. The third-order valence-electron chi connectivity index (χ3n) is 2.42. The Morgan fingerprint density at radius 2 is 2.62 bits per heavy atom. The van der Waals surface area contributed by atoms with E-state index in [1.165, 1.54) is 6.42 Å². The van der Waals surface area contributed by atoms with Gasteiger partial charge >= 0.3 is 0 Å². The monoisotopic (exact) mass is 181 g/mol. The number of rotatable bonds is 2. The van der Waals surface area contributed by atoms with E-state index >= 15 is 0 Å². The van der Waals surface area contributed by atoms with Crippen LogP contribution in [0.15, 0.2) is 10.6 Å². The third kappa shape index (κ3) is 1.89. The summed E-state index contributed by atoms with van der Waals surface area (Å²) in [6.07, 6.45) is 4.09. The lowest BCUT2D eigenvalue weighted by atomic mass is 10.00. The number of nitrogens with zero attached hydrogens (tertiary/aromatic N) is 1. The molecule has 0 amide bonds. The van der Waals surface area contributed by atoms with Crippen LogP contribution in [0.25, 0.3) is 0 Å². The summed E-state index contributed by atoms with van der Waals surface area (Å²) in [4.78, 5) is 4.22. The molecule has 0 saturated carbocycles. The first-order valence-electron chi connectivity index (χ1n) is 4.75. The molecule has 1 aromatic rings. The van der Waals surface area contributed by atoms with Gasteiger partial charge in [-0.05, 0) is 19.4 Å². The zero-order valence-electron chi connectivity index (χ0n) is 7.62. The predicted octanol–water partition coefficient (Wildman–Crippen LogP) is 0.600. The lowest BCUT2D eigenvalue weighted by Crippen LogP contribution is -2.28. The molecule has 0 spiro atoms. The summed E-state index contributed by atoms with van der Waals surface area (Å²) in [5.41, 5.74) is 5.44. The number of nitrogens with one attached hydrogen (secondary N) is 1. The first-order valence-corrected chi connectivity index (χ1v) is 4.75. The van der Waals surface area contributed by atoms with Gasteiger partial charge in [0.05, 0.1) is 12.7 Å². The summed E-state index contributed by atoms with van der Waals surface area (Å²) < 4.78 is 5.50. The lowest BCUT2D eigenvalue weighted by molar-refractivity contribution is 0.364. The van der Waals surface area contributed by atoms with Crippen molar-refractivity contribution in [2.75, 3.05) is 13.1 Å². The van der Waals surface area contributed by atoms with Crippen molar-refractivity contribution in [2.24, 2.45) is 5.73 Å². The first-order chi connectivity index (χ1) is 6.40. The van der Waals surface area contributed by atoms with Crippen molar-refractivity contribution in [1.29, 1.82) is 0 Å². The fourth-order valence-electron chi connectivity index (χ4n) is 1.67. The van der Waals surface area contributed by atoms with Crippen LogP contribution >= 0.6 is 0 Å². The summed E-state index contributed by atoms with van der Waals surface area (Å²) in [6.45, 7) is 2.53. The molecule has 1 atom stereocenters. The van der Waals surface area contributed by atoms with Crippen molar-refractivity contribution >= 4 is 0 Å². The molecule has 72 valence electrons. The Morgan fingerprint density at radius 3 is 3.23 bits per heavy atom. The minimum absolute atomic E-state index is 0.438. The van der Waals surface area contributed by atoms with Crippen molar-refractivity contribution in [3.8, 4) is 0 Å². The maximum absolute atomic E-state index is 5.50. The van der Waals surface area contributed by atoms with Crippen LogP contribution in [-0.4, -0.2) is 18.1 Å². The van der Waals surface area contributed by atoms with E-state index in [0.29, 0.717) is 12.5 Å². The summed E-state index contributed by atoms with van der Waals surface area (Å²) in [7, 11) is 0. The molecule has 2 rings (SSSR count). The molecular weight excluding hydrogens is 166 g/mol. The second-order valence-electron chi connectivity index (χ2n) is 3.41. The molecule has 0 aliphatic carbocycles. The molecule has 0 aromatic carbocycles. The Kier molecular flexibility index (Phi) is 2.61. The number of aromatic nitrogens is 1. The van der Waals surface area contributed by atoms with Gasteiger partial charge in [0.2, 0.25) is 0 Å². The molecule has 1 aromatic heterocycles. The van der Waals surface area contributed by atoms with E-state index in [-0.39, 0.29) is 0 Å². The highest BCUT2D eigenvalue weighted by atomic mass is 16.4. The zero-order chi connectivity index (χ0) is 9.10. The van der Waals surface area contributed by atoms with Crippen molar-refractivity contribution in [1.82, 2.24) is 10.3 Å². The van der Waals surface area contributed by atoms with Gasteiger partial charge in [-0.1, -0.05) is 0 Å². The molecule has 4 nitrogen and oxygen atoms in total. The predicted molar refractivity (Wildman–Crippen MR) is 49.2 cm³/mol.